The number of carbonyl (C=O) groups is 2. The van der Waals surface area contributed by atoms with Gasteiger partial charge in [-0.3, -0.25) is 4.79 Å². The van der Waals surface area contributed by atoms with Crippen LogP contribution in [0.1, 0.15) is 36.3 Å². The van der Waals surface area contributed by atoms with E-state index in [9.17, 15) is 9.59 Å². The third kappa shape index (κ3) is 5.54. The van der Waals surface area contributed by atoms with Crippen molar-refractivity contribution in [2.45, 2.75) is 32.1 Å². The van der Waals surface area contributed by atoms with Gasteiger partial charge in [0.1, 0.15) is 5.82 Å². The Labute approximate surface area is 160 Å². The van der Waals surface area contributed by atoms with Gasteiger partial charge < -0.3 is 15.5 Å². The van der Waals surface area contributed by atoms with Crippen molar-refractivity contribution in [3.05, 3.63) is 59.8 Å². The minimum atomic E-state index is -0.158. The first-order valence-electron chi connectivity index (χ1n) is 9.42. The molecule has 6 heteroatoms. The SMILES string of the molecule is Cc1ccc(NC(=O)CCNC(=O)N2CCC(c3ccccc3)CC2)nc1. The maximum Gasteiger partial charge on any atom is 0.317 e. The normalized spacial score (nSPS) is 14.6. The van der Waals surface area contributed by atoms with Gasteiger partial charge in [0.25, 0.3) is 0 Å². The number of aryl methyl sites for hydroxylation is 1. The lowest BCUT2D eigenvalue weighted by molar-refractivity contribution is -0.116. The van der Waals surface area contributed by atoms with Crippen LogP contribution >= 0.6 is 0 Å². The molecule has 3 rings (SSSR count). The van der Waals surface area contributed by atoms with E-state index in [2.05, 4.69) is 39.9 Å². The molecule has 3 amide bonds. The number of nitrogens with one attached hydrogen (secondary N) is 2. The molecule has 1 aliphatic rings. The maximum absolute atomic E-state index is 12.3. The van der Waals surface area contributed by atoms with Crippen molar-refractivity contribution in [2.24, 2.45) is 0 Å². The Kier molecular flexibility index (Phi) is 6.41. The number of nitrogens with zero attached hydrogens (tertiary/aromatic N) is 2. The van der Waals surface area contributed by atoms with Crippen LogP contribution in [0.3, 0.4) is 0 Å². The van der Waals surface area contributed by atoms with Crippen LogP contribution in [0, 0.1) is 6.92 Å². The molecular formula is C21H26N4O2. The van der Waals surface area contributed by atoms with Gasteiger partial charge in [0.15, 0.2) is 0 Å². The quantitative estimate of drug-likeness (QED) is 0.852. The van der Waals surface area contributed by atoms with Gasteiger partial charge in [-0.15, -0.1) is 0 Å². The Hall–Kier alpha value is -2.89. The molecule has 2 aromatic rings. The van der Waals surface area contributed by atoms with Gasteiger partial charge in [0.05, 0.1) is 0 Å². The van der Waals surface area contributed by atoms with Crippen molar-refractivity contribution < 1.29 is 9.59 Å². The molecular weight excluding hydrogens is 340 g/mol. The summed E-state index contributed by atoms with van der Waals surface area (Å²) in [6.45, 7) is 3.74. The first-order valence-corrected chi connectivity index (χ1v) is 9.42. The fraction of sp³-hybridized carbons (Fsp3) is 0.381. The molecule has 0 atom stereocenters. The van der Waals surface area contributed by atoms with Gasteiger partial charge >= 0.3 is 6.03 Å². The number of likely N-dealkylation sites (tertiary alicyclic amines) is 1. The Morgan fingerprint density at radius 3 is 2.52 bits per heavy atom. The van der Waals surface area contributed by atoms with E-state index >= 15 is 0 Å². The summed E-state index contributed by atoms with van der Waals surface area (Å²) < 4.78 is 0. The largest absolute Gasteiger partial charge is 0.337 e. The molecule has 0 spiro atoms. The van der Waals surface area contributed by atoms with E-state index in [1.54, 1.807) is 12.3 Å². The number of urea groups is 1. The zero-order valence-electron chi connectivity index (χ0n) is 15.6. The summed E-state index contributed by atoms with van der Waals surface area (Å²) in [7, 11) is 0. The number of aromatic nitrogens is 1. The Bertz CT molecular complexity index is 754. The van der Waals surface area contributed by atoms with Crippen LogP contribution in [0.25, 0.3) is 0 Å². The number of hydrogen-bond acceptors (Lipinski definition) is 3. The minimum absolute atomic E-state index is 0.0947. The number of amides is 3. The molecule has 0 radical (unpaired) electrons. The van der Waals surface area contributed by atoms with Gasteiger partial charge in [-0.25, -0.2) is 9.78 Å². The highest BCUT2D eigenvalue weighted by Gasteiger charge is 2.23. The van der Waals surface area contributed by atoms with Crippen molar-refractivity contribution in [3.8, 4) is 0 Å². The third-order valence-corrected chi connectivity index (χ3v) is 4.86. The van der Waals surface area contributed by atoms with Crippen molar-refractivity contribution in [2.75, 3.05) is 25.0 Å². The highest BCUT2D eigenvalue weighted by atomic mass is 16.2. The molecule has 1 aromatic heterocycles. The van der Waals surface area contributed by atoms with Crippen LogP contribution in [-0.2, 0) is 4.79 Å². The average Bonchev–Trinajstić information content (AvgIpc) is 2.70. The molecule has 2 N–H and O–H groups in total. The Morgan fingerprint density at radius 2 is 1.85 bits per heavy atom. The number of pyridine rings is 1. The minimum Gasteiger partial charge on any atom is -0.337 e. The Balaban J connectivity index is 1.36. The summed E-state index contributed by atoms with van der Waals surface area (Å²) in [6.07, 6.45) is 3.87. The van der Waals surface area contributed by atoms with Crippen LogP contribution in [0.5, 0.6) is 0 Å². The van der Waals surface area contributed by atoms with Crippen LogP contribution in [0.15, 0.2) is 48.7 Å². The summed E-state index contributed by atoms with van der Waals surface area (Å²) in [6, 6.07) is 14.0. The molecule has 1 aromatic carbocycles. The molecule has 0 bridgehead atoms. The van der Waals surface area contributed by atoms with E-state index in [-0.39, 0.29) is 18.4 Å². The second kappa shape index (κ2) is 9.16. The summed E-state index contributed by atoms with van der Waals surface area (Å²) in [5, 5.41) is 5.57. The standard InChI is InChI=1S/C21H26N4O2/c1-16-7-8-19(23-15-16)24-20(26)9-12-22-21(27)25-13-10-18(11-14-25)17-5-3-2-4-6-17/h2-8,15,18H,9-14H2,1H3,(H,22,27)(H,23,24,26). The molecule has 1 fully saturated rings. The van der Waals surface area contributed by atoms with Gasteiger partial charge in [-0.2, -0.15) is 0 Å². The van der Waals surface area contributed by atoms with Gasteiger partial charge in [0.2, 0.25) is 5.91 Å². The number of anilines is 1. The maximum atomic E-state index is 12.3. The predicted octanol–water partition coefficient (Wildman–Crippen LogP) is 3.31. The lowest BCUT2D eigenvalue weighted by Crippen LogP contribution is -2.44. The number of carbonyl (C=O) groups excluding carboxylic acids is 2. The second-order valence-electron chi connectivity index (χ2n) is 6.92. The van der Waals surface area contributed by atoms with Crippen molar-refractivity contribution >= 4 is 17.8 Å². The Morgan fingerprint density at radius 1 is 1.11 bits per heavy atom. The summed E-state index contributed by atoms with van der Waals surface area (Å²) in [5.41, 5.74) is 2.38. The fourth-order valence-electron chi connectivity index (χ4n) is 3.28. The number of benzene rings is 1. The third-order valence-electron chi connectivity index (χ3n) is 4.86. The molecule has 27 heavy (non-hydrogen) atoms. The zero-order valence-corrected chi connectivity index (χ0v) is 15.6. The molecule has 0 aliphatic carbocycles. The number of hydrogen-bond donors (Lipinski definition) is 2. The predicted molar refractivity (Wildman–Crippen MR) is 106 cm³/mol. The molecule has 6 nitrogen and oxygen atoms in total. The van der Waals surface area contributed by atoms with Gasteiger partial charge in [-0.1, -0.05) is 36.4 Å². The topological polar surface area (TPSA) is 74.3 Å². The summed E-state index contributed by atoms with van der Waals surface area (Å²) >= 11 is 0. The van der Waals surface area contributed by atoms with E-state index in [0.717, 1.165) is 31.5 Å². The average molecular weight is 366 g/mol. The second-order valence-corrected chi connectivity index (χ2v) is 6.92. The molecule has 142 valence electrons. The number of piperidine rings is 1. The lowest BCUT2D eigenvalue weighted by Gasteiger charge is -2.32. The first kappa shape index (κ1) is 18.9. The van der Waals surface area contributed by atoms with Crippen molar-refractivity contribution in [1.82, 2.24) is 15.2 Å². The van der Waals surface area contributed by atoms with Crippen LogP contribution < -0.4 is 10.6 Å². The van der Waals surface area contributed by atoms with Gasteiger partial charge in [0, 0.05) is 32.3 Å². The number of rotatable bonds is 5. The fourth-order valence-corrected chi connectivity index (χ4v) is 3.28. The van der Waals surface area contributed by atoms with E-state index in [1.807, 2.05) is 24.0 Å². The molecule has 0 saturated carbocycles. The van der Waals surface area contributed by atoms with Crippen LogP contribution in [0.4, 0.5) is 10.6 Å². The smallest absolute Gasteiger partial charge is 0.317 e. The monoisotopic (exact) mass is 366 g/mol. The van der Waals surface area contributed by atoms with E-state index in [1.165, 1.54) is 5.56 Å². The van der Waals surface area contributed by atoms with Gasteiger partial charge in [-0.05, 0) is 42.9 Å². The molecule has 2 heterocycles. The van der Waals surface area contributed by atoms with E-state index in [4.69, 9.17) is 0 Å². The summed E-state index contributed by atoms with van der Waals surface area (Å²) in [5.74, 6) is 0.886. The summed E-state index contributed by atoms with van der Waals surface area (Å²) in [4.78, 5) is 30.2. The molecule has 1 aliphatic heterocycles. The highest BCUT2D eigenvalue weighted by molar-refractivity contribution is 5.90. The van der Waals surface area contributed by atoms with Crippen molar-refractivity contribution in [1.29, 1.82) is 0 Å². The lowest BCUT2D eigenvalue weighted by atomic mass is 9.90. The van der Waals surface area contributed by atoms with Crippen LogP contribution in [-0.4, -0.2) is 41.5 Å². The zero-order chi connectivity index (χ0) is 19.1. The molecule has 1 saturated heterocycles. The van der Waals surface area contributed by atoms with Crippen molar-refractivity contribution in [3.63, 3.8) is 0 Å². The van der Waals surface area contributed by atoms with Crippen LogP contribution in [0.2, 0.25) is 0 Å². The molecule has 0 unspecified atom stereocenters. The highest BCUT2D eigenvalue weighted by Crippen LogP contribution is 2.27. The van der Waals surface area contributed by atoms with E-state index in [0.29, 0.717) is 18.3 Å². The van der Waals surface area contributed by atoms with E-state index < -0.39 is 0 Å². The first-order chi connectivity index (χ1) is 13.1.